The minimum absolute atomic E-state index is 0.458. The zero-order valence-electron chi connectivity index (χ0n) is 9.41. The SMILES string of the molecule is FC(F)(F)c1cc(-c2cc3n(n2)CCC3)ccn1. The van der Waals surface area contributed by atoms with Crippen molar-refractivity contribution in [1.29, 1.82) is 0 Å². The monoisotopic (exact) mass is 253 g/mol. The summed E-state index contributed by atoms with van der Waals surface area (Å²) in [7, 11) is 0. The maximum absolute atomic E-state index is 12.6. The second-order valence-electron chi connectivity index (χ2n) is 4.28. The largest absolute Gasteiger partial charge is 0.433 e. The summed E-state index contributed by atoms with van der Waals surface area (Å²) >= 11 is 0. The van der Waals surface area contributed by atoms with E-state index in [1.807, 2.05) is 10.7 Å². The van der Waals surface area contributed by atoms with E-state index in [0.29, 0.717) is 11.3 Å². The van der Waals surface area contributed by atoms with Gasteiger partial charge in [-0.05, 0) is 31.0 Å². The molecule has 0 spiro atoms. The molecule has 0 aliphatic carbocycles. The fraction of sp³-hybridized carbons (Fsp3) is 0.333. The molecule has 2 aromatic rings. The molecule has 0 amide bonds. The number of fused-ring (bicyclic) bond motifs is 1. The fourth-order valence-corrected chi connectivity index (χ4v) is 2.15. The summed E-state index contributed by atoms with van der Waals surface area (Å²) in [6.45, 7) is 0.840. The van der Waals surface area contributed by atoms with Crippen LogP contribution in [0.4, 0.5) is 13.2 Å². The van der Waals surface area contributed by atoms with Gasteiger partial charge in [0.25, 0.3) is 0 Å². The van der Waals surface area contributed by atoms with Crippen LogP contribution in [0.25, 0.3) is 11.3 Å². The average molecular weight is 253 g/mol. The van der Waals surface area contributed by atoms with E-state index in [1.165, 1.54) is 6.20 Å². The molecule has 0 aromatic carbocycles. The lowest BCUT2D eigenvalue weighted by atomic mass is 10.1. The lowest BCUT2D eigenvalue weighted by Crippen LogP contribution is -2.07. The lowest BCUT2D eigenvalue weighted by Gasteiger charge is -2.06. The topological polar surface area (TPSA) is 30.7 Å². The zero-order valence-corrected chi connectivity index (χ0v) is 9.41. The number of halogens is 3. The minimum Gasteiger partial charge on any atom is -0.269 e. The number of aromatic nitrogens is 3. The molecule has 0 saturated heterocycles. The van der Waals surface area contributed by atoms with Crippen LogP contribution in [-0.2, 0) is 19.1 Å². The van der Waals surface area contributed by atoms with Crippen molar-refractivity contribution in [3.05, 3.63) is 35.8 Å². The Kier molecular flexibility index (Phi) is 2.39. The van der Waals surface area contributed by atoms with Crippen molar-refractivity contribution in [3.63, 3.8) is 0 Å². The molecule has 94 valence electrons. The van der Waals surface area contributed by atoms with Crippen molar-refractivity contribution >= 4 is 0 Å². The van der Waals surface area contributed by atoms with Crippen LogP contribution in [0.1, 0.15) is 17.8 Å². The van der Waals surface area contributed by atoms with Crippen LogP contribution < -0.4 is 0 Å². The van der Waals surface area contributed by atoms with E-state index in [0.717, 1.165) is 31.1 Å². The molecule has 1 aliphatic heterocycles. The van der Waals surface area contributed by atoms with Gasteiger partial charge < -0.3 is 0 Å². The molecule has 0 saturated carbocycles. The fourth-order valence-electron chi connectivity index (χ4n) is 2.15. The standard InChI is InChI=1S/C12H10F3N3/c13-12(14,15)11-6-8(3-4-16-11)10-7-9-2-1-5-18(9)17-10/h3-4,6-7H,1-2,5H2. The van der Waals surface area contributed by atoms with Gasteiger partial charge in [-0.15, -0.1) is 0 Å². The van der Waals surface area contributed by atoms with Crippen molar-refractivity contribution < 1.29 is 13.2 Å². The van der Waals surface area contributed by atoms with Crippen molar-refractivity contribution in [2.45, 2.75) is 25.6 Å². The Hall–Kier alpha value is -1.85. The smallest absolute Gasteiger partial charge is 0.269 e. The van der Waals surface area contributed by atoms with Crippen LogP contribution in [0, 0.1) is 0 Å². The summed E-state index contributed by atoms with van der Waals surface area (Å²) in [6, 6.07) is 4.44. The highest BCUT2D eigenvalue weighted by molar-refractivity contribution is 5.59. The average Bonchev–Trinajstić information content (AvgIpc) is 2.88. The van der Waals surface area contributed by atoms with E-state index in [-0.39, 0.29) is 0 Å². The first-order valence-corrected chi connectivity index (χ1v) is 5.64. The van der Waals surface area contributed by atoms with E-state index in [4.69, 9.17) is 0 Å². The predicted molar refractivity (Wildman–Crippen MR) is 58.8 cm³/mol. The van der Waals surface area contributed by atoms with Crippen LogP contribution in [0.3, 0.4) is 0 Å². The number of hydrogen-bond acceptors (Lipinski definition) is 2. The normalized spacial score (nSPS) is 14.8. The van der Waals surface area contributed by atoms with Gasteiger partial charge in [0.05, 0.1) is 5.69 Å². The third kappa shape index (κ3) is 1.87. The third-order valence-corrected chi connectivity index (χ3v) is 3.01. The summed E-state index contributed by atoms with van der Waals surface area (Å²) < 4.78 is 39.5. The number of alkyl halides is 3. The number of nitrogens with zero attached hydrogens (tertiary/aromatic N) is 3. The van der Waals surface area contributed by atoms with E-state index >= 15 is 0 Å². The number of rotatable bonds is 1. The van der Waals surface area contributed by atoms with Gasteiger partial charge in [-0.25, -0.2) is 0 Å². The molecule has 2 aromatic heterocycles. The summed E-state index contributed by atoms with van der Waals surface area (Å²) in [5.41, 5.74) is 1.24. The highest BCUT2D eigenvalue weighted by Crippen LogP contribution is 2.30. The van der Waals surface area contributed by atoms with Crippen LogP contribution in [0.15, 0.2) is 24.4 Å². The van der Waals surface area contributed by atoms with Crippen LogP contribution in [0.2, 0.25) is 0 Å². The Labute approximate surface area is 101 Å². The third-order valence-electron chi connectivity index (χ3n) is 3.01. The molecule has 0 N–H and O–H groups in total. The second kappa shape index (κ2) is 3.83. The zero-order chi connectivity index (χ0) is 12.8. The Morgan fingerprint density at radius 1 is 1.22 bits per heavy atom. The molecule has 3 nitrogen and oxygen atoms in total. The second-order valence-corrected chi connectivity index (χ2v) is 4.28. The van der Waals surface area contributed by atoms with Crippen LogP contribution in [-0.4, -0.2) is 14.8 Å². The Morgan fingerprint density at radius 3 is 2.78 bits per heavy atom. The molecule has 0 radical (unpaired) electrons. The number of aryl methyl sites for hydroxylation is 2. The van der Waals surface area contributed by atoms with Gasteiger partial charge in [-0.2, -0.15) is 18.3 Å². The summed E-state index contributed by atoms with van der Waals surface area (Å²) in [6.07, 6.45) is -1.27. The first kappa shape index (κ1) is 11.3. The Morgan fingerprint density at radius 2 is 2.06 bits per heavy atom. The van der Waals surface area contributed by atoms with Crippen molar-refractivity contribution in [3.8, 4) is 11.3 Å². The van der Waals surface area contributed by atoms with Gasteiger partial charge in [-0.3, -0.25) is 9.67 Å². The molecule has 0 bridgehead atoms. The minimum atomic E-state index is -4.42. The van der Waals surface area contributed by atoms with Gasteiger partial charge in [-0.1, -0.05) is 0 Å². The van der Waals surface area contributed by atoms with E-state index in [1.54, 1.807) is 6.07 Å². The Bertz CT molecular complexity index is 565. The molecule has 3 rings (SSSR count). The van der Waals surface area contributed by atoms with E-state index in [9.17, 15) is 13.2 Å². The highest BCUT2D eigenvalue weighted by atomic mass is 19.4. The lowest BCUT2D eigenvalue weighted by molar-refractivity contribution is -0.141. The molecular formula is C12H10F3N3. The summed E-state index contributed by atoms with van der Waals surface area (Å²) in [5.74, 6) is 0. The van der Waals surface area contributed by atoms with Crippen molar-refractivity contribution in [2.75, 3.05) is 0 Å². The molecule has 1 aliphatic rings. The van der Waals surface area contributed by atoms with E-state index in [2.05, 4.69) is 10.1 Å². The maximum Gasteiger partial charge on any atom is 0.433 e. The number of pyridine rings is 1. The van der Waals surface area contributed by atoms with E-state index < -0.39 is 11.9 Å². The molecule has 0 atom stereocenters. The summed E-state index contributed by atoms with van der Waals surface area (Å²) in [4.78, 5) is 3.34. The summed E-state index contributed by atoms with van der Waals surface area (Å²) in [5, 5.41) is 4.31. The van der Waals surface area contributed by atoms with Crippen molar-refractivity contribution in [1.82, 2.24) is 14.8 Å². The molecular weight excluding hydrogens is 243 g/mol. The molecule has 6 heteroatoms. The molecule has 18 heavy (non-hydrogen) atoms. The molecule has 0 fully saturated rings. The Balaban J connectivity index is 2.01. The van der Waals surface area contributed by atoms with Crippen LogP contribution >= 0.6 is 0 Å². The first-order valence-electron chi connectivity index (χ1n) is 5.64. The van der Waals surface area contributed by atoms with Gasteiger partial charge in [0, 0.05) is 24.0 Å². The molecule has 0 unspecified atom stereocenters. The maximum atomic E-state index is 12.6. The van der Waals surface area contributed by atoms with Crippen LogP contribution in [0.5, 0.6) is 0 Å². The predicted octanol–water partition coefficient (Wildman–Crippen LogP) is 2.91. The quantitative estimate of drug-likeness (QED) is 0.782. The highest BCUT2D eigenvalue weighted by Gasteiger charge is 2.32. The van der Waals surface area contributed by atoms with Gasteiger partial charge in [0.1, 0.15) is 5.69 Å². The first-order chi connectivity index (χ1) is 8.54. The van der Waals surface area contributed by atoms with Crippen molar-refractivity contribution in [2.24, 2.45) is 0 Å². The van der Waals surface area contributed by atoms with Gasteiger partial charge >= 0.3 is 6.18 Å². The van der Waals surface area contributed by atoms with Gasteiger partial charge in [0.15, 0.2) is 0 Å². The van der Waals surface area contributed by atoms with Gasteiger partial charge in [0.2, 0.25) is 0 Å². The molecule has 3 heterocycles. The number of hydrogen-bond donors (Lipinski definition) is 0.